The highest BCUT2D eigenvalue weighted by molar-refractivity contribution is 6.58. The summed E-state index contributed by atoms with van der Waals surface area (Å²) in [6.45, 7) is 1.66. The third kappa shape index (κ3) is 3.96. The Labute approximate surface area is 189 Å². The van der Waals surface area contributed by atoms with Gasteiger partial charge in [-0.1, -0.05) is 48.0 Å². The number of fused-ring (bicyclic) bond motifs is 1. The van der Waals surface area contributed by atoms with Crippen molar-refractivity contribution >= 4 is 47.3 Å². The number of nitrogens with one attached hydrogen (secondary N) is 2. The van der Waals surface area contributed by atoms with Crippen LogP contribution in [0.15, 0.2) is 65.7 Å². The van der Waals surface area contributed by atoms with E-state index >= 15 is 4.39 Å². The molecule has 0 radical (unpaired) electrons. The lowest BCUT2D eigenvalue weighted by Gasteiger charge is -2.24. The van der Waals surface area contributed by atoms with E-state index in [1.165, 1.54) is 11.0 Å². The molecule has 0 unspecified atom stereocenters. The van der Waals surface area contributed by atoms with Crippen LogP contribution in [0.2, 0.25) is 5.02 Å². The number of benzene rings is 3. The predicted molar refractivity (Wildman–Crippen MR) is 127 cm³/mol. The van der Waals surface area contributed by atoms with Crippen molar-refractivity contribution in [2.75, 3.05) is 11.4 Å². The molecule has 0 amide bonds. The minimum Gasteiger partial charge on any atom is -0.423 e. The fourth-order valence-corrected chi connectivity index (χ4v) is 3.88. The van der Waals surface area contributed by atoms with Crippen molar-refractivity contribution in [3.8, 4) is 11.1 Å². The number of benzodiazepines with no additional fused rings is 1. The van der Waals surface area contributed by atoms with E-state index in [1.54, 1.807) is 49.4 Å². The van der Waals surface area contributed by atoms with Gasteiger partial charge in [0.05, 0.1) is 17.9 Å². The number of anilines is 1. The van der Waals surface area contributed by atoms with Gasteiger partial charge in [0.15, 0.2) is 0 Å². The Balaban J connectivity index is 1.95. The topological polar surface area (TPSA) is 104 Å². The van der Waals surface area contributed by atoms with Crippen molar-refractivity contribution in [3.63, 3.8) is 0 Å². The lowest BCUT2D eigenvalue weighted by molar-refractivity contribution is 0.423. The summed E-state index contributed by atoms with van der Waals surface area (Å²) in [4.78, 5) is 6.11. The molecule has 4 N–H and O–H groups in total. The average Bonchev–Trinajstić information content (AvgIpc) is 2.90. The van der Waals surface area contributed by atoms with Gasteiger partial charge in [-0.3, -0.25) is 20.7 Å². The molecule has 0 aliphatic carbocycles. The summed E-state index contributed by atoms with van der Waals surface area (Å²) < 4.78 is 15.0. The van der Waals surface area contributed by atoms with Crippen LogP contribution < -0.4 is 10.4 Å². The van der Waals surface area contributed by atoms with Crippen molar-refractivity contribution in [2.45, 2.75) is 6.92 Å². The number of hydrogen-bond acceptors (Lipinski definition) is 5. The molecule has 160 valence electrons. The van der Waals surface area contributed by atoms with Gasteiger partial charge in [-0.2, -0.15) is 0 Å². The molecule has 6 nitrogen and oxygen atoms in total. The first kappa shape index (κ1) is 21.9. The van der Waals surface area contributed by atoms with Gasteiger partial charge >= 0.3 is 7.12 Å². The number of aliphatic imine (C=N–C) groups is 1. The normalized spacial score (nSPS) is 13.3. The number of halogens is 2. The van der Waals surface area contributed by atoms with Crippen LogP contribution in [0.5, 0.6) is 0 Å². The second-order valence-electron chi connectivity index (χ2n) is 7.35. The molecule has 3 aromatic carbocycles. The van der Waals surface area contributed by atoms with Crippen LogP contribution in [-0.4, -0.2) is 41.1 Å². The molecule has 1 heterocycles. The van der Waals surface area contributed by atoms with Crippen molar-refractivity contribution < 1.29 is 14.4 Å². The summed E-state index contributed by atoms with van der Waals surface area (Å²) in [7, 11) is -1.93. The fraction of sp³-hybridized carbons (Fsp3) is 0.0870. The second-order valence-corrected chi connectivity index (χ2v) is 7.79. The van der Waals surface area contributed by atoms with Crippen molar-refractivity contribution in [2.24, 2.45) is 4.99 Å². The maximum atomic E-state index is 15.0. The molecule has 4 rings (SSSR count). The van der Waals surface area contributed by atoms with Crippen LogP contribution in [0.3, 0.4) is 0 Å². The van der Waals surface area contributed by atoms with E-state index in [-0.39, 0.29) is 29.2 Å². The number of hydrogen-bond donors (Lipinski definition) is 4. The largest absolute Gasteiger partial charge is 0.491 e. The quantitative estimate of drug-likeness (QED) is 0.280. The molecular weight excluding hydrogens is 430 g/mol. The molecule has 0 fully saturated rings. The van der Waals surface area contributed by atoms with Gasteiger partial charge in [-0.05, 0) is 36.8 Å². The minimum atomic E-state index is -1.93. The molecule has 0 aromatic heterocycles. The molecule has 3 aromatic rings. The van der Waals surface area contributed by atoms with Crippen LogP contribution in [0.25, 0.3) is 11.1 Å². The van der Waals surface area contributed by atoms with Crippen molar-refractivity contribution in [3.05, 3.63) is 82.6 Å². The highest BCUT2D eigenvalue weighted by Crippen LogP contribution is 2.33. The molecule has 0 saturated carbocycles. The molecule has 32 heavy (non-hydrogen) atoms. The van der Waals surface area contributed by atoms with Gasteiger partial charge in [0.1, 0.15) is 17.5 Å². The summed E-state index contributed by atoms with van der Waals surface area (Å²) in [6, 6.07) is 16.7. The van der Waals surface area contributed by atoms with Crippen molar-refractivity contribution in [1.29, 1.82) is 10.8 Å². The highest BCUT2D eigenvalue weighted by atomic mass is 35.5. The van der Waals surface area contributed by atoms with Gasteiger partial charge in [-0.25, -0.2) is 4.39 Å². The van der Waals surface area contributed by atoms with E-state index in [1.807, 2.05) is 12.1 Å². The van der Waals surface area contributed by atoms with E-state index in [2.05, 4.69) is 4.99 Å². The van der Waals surface area contributed by atoms with Crippen LogP contribution in [0.1, 0.15) is 18.1 Å². The highest BCUT2D eigenvalue weighted by Gasteiger charge is 2.26. The van der Waals surface area contributed by atoms with E-state index in [9.17, 15) is 10.0 Å². The summed E-state index contributed by atoms with van der Waals surface area (Å²) in [6.07, 6.45) is 0. The maximum absolute atomic E-state index is 15.0. The smallest absolute Gasteiger partial charge is 0.423 e. The lowest BCUT2D eigenvalue weighted by atomic mass is 9.78. The van der Waals surface area contributed by atoms with Crippen LogP contribution in [0, 0.1) is 16.6 Å². The third-order valence-electron chi connectivity index (χ3n) is 5.22. The first-order valence-electron chi connectivity index (χ1n) is 9.80. The van der Waals surface area contributed by atoms with E-state index < -0.39 is 12.9 Å². The van der Waals surface area contributed by atoms with Gasteiger partial charge < -0.3 is 10.0 Å². The summed E-state index contributed by atoms with van der Waals surface area (Å²) in [5.41, 5.74) is 3.04. The average molecular weight is 449 g/mol. The molecule has 0 bridgehead atoms. The summed E-state index contributed by atoms with van der Waals surface area (Å²) >= 11 is 6.04. The summed E-state index contributed by atoms with van der Waals surface area (Å²) in [5, 5.41) is 36.1. The minimum absolute atomic E-state index is 0.0682. The molecule has 9 heteroatoms. The Morgan fingerprint density at radius 1 is 1.06 bits per heavy atom. The predicted octanol–water partition coefficient (Wildman–Crippen LogP) is 3.46. The van der Waals surface area contributed by atoms with E-state index in [0.29, 0.717) is 27.5 Å². The Morgan fingerprint density at radius 2 is 1.75 bits per heavy atom. The monoisotopic (exact) mass is 448 g/mol. The molecule has 0 atom stereocenters. The second kappa shape index (κ2) is 8.66. The Bertz CT molecular complexity index is 1260. The van der Waals surface area contributed by atoms with Crippen LogP contribution in [0.4, 0.5) is 10.1 Å². The fourth-order valence-electron chi connectivity index (χ4n) is 3.75. The SMILES string of the molecule is CC(=N)N1C(=N)CN=C(c2ccc(Cl)cc2)c2cc(-c3cccc(B(O)O)c3F)ccc21. The number of nitrogens with zero attached hydrogens (tertiary/aromatic N) is 2. The Morgan fingerprint density at radius 3 is 2.41 bits per heavy atom. The van der Waals surface area contributed by atoms with Crippen LogP contribution in [-0.2, 0) is 0 Å². The molecule has 1 aliphatic rings. The van der Waals surface area contributed by atoms with Gasteiger partial charge in [0, 0.05) is 27.2 Å². The van der Waals surface area contributed by atoms with Gasteiger partial charge in [0.2, 0.25) is 0 Å². The van der Waals surface area contributed by atoms with Gasteiger partial charge in [0.25, 0.3) is 0 Å². The zero-order chi connectivity index (χ0) is 23.0. The van der Waals surface area contributed by atoms with Crippen LogP contribution >= 0.6 is 11.6 Å². The van der Waals surface area contributed by atoms with Gasteiger partial charge in [-0.15, -0.1) is 0 Å². The summed E-state index contributed by atoms with van der Waals surface area (Å²) in [5.74, 6) is -0.422. The first-order valence-corrected chi connectivity index (χ1v) is 10.2. The molecule has 0 spiro atoms. The lowest BCUT2D eigenvalue weighted by Crippen LogP contribution is -2.35. The maximum Gasteiger partial charge on any atom is 0.491 e. The zero-order valence-electron chi connectivity index (χ0n) is 17.1. The molecule has 0 saturated heterocycles. The molecular formula is C23H19BClFN4O2. The number of rotatable bonds is 3. The Hall–Kier alpha value is -3.33. The first-order chi connectivity index (χ1) is 15.3. The van der Waals surface area contributed by atoms with E-state index in [0.717, 1.165) is 5.56 Å². The number of amidine groups is 2. The Kier molecular flexibility index (Phi) is 5.93. The van der Waals surface area contributed by atoms with Crippen molar-refractivity contribution in [1.82, 2.24) is 0 Å². The van der Waals surface area contributed by atoms with E-state index in [4.69, 9.17) is 22.4 Å². The zero-order valence-corrected chi connectivity index (χ0v) is 17.9. The standard InChI is InChI=1S/C23H19BClFN4O2/c1-13(27)30-20-10-7-15(17-3-2-4-19(22(17)26)24(31)32)11-18(20)23(29-12-21(30)28)14-5-8-16(25)9-6-14/h2-11,27-28,31-32H,12H2,1H3. The molecule has 1 aliphatic heterocycles. The third-order valence-corrected chi connectivity index (χ3v) is 5.47.